The van der Waals surface area contributed by atoms with Gasteiger partial charge in [-0.25, -0.2) is 0 Å². The van der Waals surface area contributed by atoms with Crippen LogP contribution in [0.3, 0.4) is 0 Å². The van der Waals surface area contributed by atoms with E-state index in [0.29, 0.717) is 26.2 Å². The number of hydrogen-bond acceptors (Lipinski definition) is 4. The van der Waals surface area contributed by atoms with Crippen molar-refractivity contribution in [1.82, 2.24) is 5.32 Å². The molecule has 1 aliphatic heterocycles. The van der Waals surface area contributed by atoms with Gasteiger partial charge in [-0.05, 0) is 31.7 Å². The van der Waals surface area contributed by atoms with E-state index in [-0.39, 0.29) is 23.5 Å². The van der Waals surface area contributed by atoms with Crippen LogP contribution < -0.4 is 5.32 Å². The molecular weight excluding hydrogens is 306 g/mol. The maximum absolute atomic E-state index is 12.4. The maximum atomic E-state index is 12.4. The van der Waals surface area contributed by atoms with Crippen LogP contribution in [-0.4, -0.2) is 49.1 Å². The van der Waals surface area contributed by atoms with Crippen molar-refractivity contribution in [2.45, 2.75) is 50.9 Å². The van der Waals surface area contributed by atoms with Crippen LogP contribution in [0.2, 0.25) is 0 Å². The van der Waals surface area contributed by atoms with Crippen molar-refractivity contribution in [1.29, 1.82) is 0 Å². The lowest BCUT2D eigenvalue weighted by Gasteiger charge is -2.57. The SMILES string of the molecule is CCO[C@H]1C[C@@H](NC(=O)[C@@H](O)Cc2ccccc2)C12CCOCC2. The Morgan fingerprint density at radius 2 is 2.08 bits per heavy atom. The number of aliphatic hydroxyl groups is 1. The summed E-state index contributed by atoms with van der Waals surface area (Å²) in [6.07, 6.45) is 2.12. The van der Waals surface area contributed by atoms with E-state index in [1.54, 1.807) is 0 Å². The highest BCUT2D eigenvalue weighted by Crippen LogP contribution is 2.50. The van der Waals surface area contributed by atoms with E-state index in [2.05, 4.69) is 5.32 Å². The van der Waals surface area contributed by atoms with Crippen molar-refractivity contribution in [3.8, 4) is 0 Å². The minimum atomic E-state index is -1.02. The maximum Gasteiger partial charge on any atom is 0.249 e. The van der Waals surface area contributed by atoms with Crippen molar-refractivity contribution in [3.05, 3.63) is 35.9 Å². The Balaban J connectivity index is 1.59. The zero-order valence-corrected chi connectivity index (χ0v) is 14.2. The van der Waals surface area contributed by atoms with Gasteiger partial charge in [0, 0.05) is 37.7 Å². The van der Waals surface area contributed by atoms with Crippen LogP contribution >= 0.6 is 0 Å². The molecule has 3 rings (SSSR count). The van der Waals surface area contributed by atoms with Gasteiger partial charge in [-0.3, -0.25) is 4.79 Å². The Kier molecular flexibility index (Phi) is 5.54. The van der Waals surface area contributed by atoms with Crippen LogP contribution in [0.5, 0.6) is 0 Å². The Hall–Kier alpha value is -1.43. The van der Waals surface area contributed by atoms with Crippen molar-refractivity contribution in [2.24, 2.45) is 5.41 Å². The van der Waals surface area contributed by atoms with Crippen LogP contribution in [0.15, 0.2) is 30.3 Å². The summed E-state index contributed by atoms with van der Waals surface area (Å²) in [5.41, 5.74) is 0.929. The lowest BCUT2D eigenvalue weighted by Crippen LogP contribution is -2.67. The zero-order valence-electron chi connectivity index (χ0n) is 14.2. The fourth-order valence-electron chi connectivity index (χ4n) is 4.01. The van der Waals surface area contributed by atoms with E-state index in [9.17, 15) is 9.90 Å². The third-order valence-corrected chi connectivity index (χ3v) is 5.47. The first-order valence-corrected chi connectivity index (χ1v) is 8.87. The number of rotatable bonds is 6. The molecule has 0 aromatic heterocycles. The second-order valence-corrected chi connectivity index (χ2v) is 6.79. The van der Waals surface area contributed by atoms with Crippen LogP contribution in [0.1, 0.15) is 31.7 Å². The fourth-order valence-corrected chi connectivity index (χ4v) is 4.01. The summed E-state index contributed by atoms with van der Waals surface area (Å²) in [7, 11) is 0. The Morgan fingerprint density at radius 1 is 1.38 bits per heavy atom. The first-order chi connectivity index (χ1) is 11.7. The monoisotopic (exact) mass is 333 g/mol. The summed E-state index contributed by atoms with van der Waals surface area (Å²) in [6, 6.07) is 9.66. The van der Waals surface area contributed by atoms with Crippen LogP contribution in [0.25, 0.3) is 0 Å². The average molecular weight is 333 g/mol. The number of benzene rings is 1. The highest BCUT2D eigenvalue weighted by Gasteiger charge is 2.56. The summed E-state index contributed by atoms with van der Waals surface area (Å²) >= 11 is 0. The standard InChI is InChI=1S/C19H27NO4/c1-2-24-17-13-16(19(17)8-10-23-11-9-19)20-18(22)15(21)12-14-6-4-3-5-7-14/h3-7,15-17,21H,2,8-13H2,1H3,(H,20,22)/t15-,16+,17-/m0/s1. The molecule has 1 heterocycles. The molecule has 132 valence electrons. The molecule has 1 aromatic carbocycles. The predicted octanol–water partition coefficient (Wildman–Crippen LogP) is 1.68. The Bertz CT molecular complexity index is 542. The van der Waals surface area contributed by atoms with E-state index in [1.165, 1.54) is 0 Å². The second-order valence-electron chi connectivity index (χ2n) is 6.79. The van der Waals surface area contributed by atoms with E-state index >= 15 is 0 Å². The van der Waals surface area contributed by atoms with Gasteiger partial charge in [-0.1, -0.05) is 30.3 Å². The molecule has 1 aromatic rings. The van der Waals surface area contributed by atoms with Crippen LogP contribution in [0.4, 0.5) is 0 Å². The minimum absolute atomic E-state index is 0.0314. The molecule has 0 radical (unpaired) electrons. The Labute approximate surface area is 143 Å². The molecular formula is C19H27NO4. The topological polar surface area (TPSA) is 67.8 Å². The molecule has 5 nitrogen and oxygen atoms in total. The third-order valence-electron chi connectivity index (χ3n) is 5.47. The van der Waals surface area contributed by atoms with E-state index in [1.807, 2.05) is 37.3 Å². The van der Waals surface area contributed by atoms with Crippen molar-refractivity contribution >= 4 is 5.91 Å². The first-order valence-electron chi connectivity index (χ1n) is 8.87. The largest absolute Gasteiger partial charge is 0.383 e. The summed E-state index contributed by atoms with van der Waals surface area (Å²) in [6.45, 7) is 4.11. The van der Waals surface area contributed by atoms with E-state index in [0.717, 1.165) is 24.8 Å². The van der Waals surface area contributed by atoms with Crippen molar-refractivity contribution in [2.75, 3.05) is 19.8 Å². The normalized spacial score (nSPS) is 26.6. The Morgan fingerprint density at radius 3 is 2.75 bits per heavy atom. The number of nitrogens with one attached hydrogen (secondary N) is 1. The average Bonchev–Trinajstić information content (AvgIpc) is 2.62. The highest BCUT2D eigenvalue weighted by atomic mass is 16.5. The lowest BCUT2D eigenvalue weighted by molar-refractivity contribution is -0.177. The van der Waals surface area contributed by atoms with E-state index in [4.69, 9.17) is 9.47 Å². The molecule has 1 saturated heterocycles. The van der Waals surface area contributed by atoms with Crippen molar-refractivity contribution < 1.29 is 19.4 Å². The lowest BCUT2D eigenvalue weighted by atomic mass is 9.57. The van der Waals surface area contributed by atoms with Gasteiger partial charge in [0.05, 0.1) is 6.10 Å². The molecule has 1 saturated carbocycles. The molecule has 24 heavy (non-hydrogen) atoms. The molecule has 2 aliphatic rings. The molecule has 2 fully saturated rings. The third kappa shape index (κ3) is 3.48. The van der Waals surface area contributed by atoms with Gasteiger partial charge in [0.25, 0.3) is 0 Å². The minimum Gasteiger partial charge on any atom is -0.383 e. The molecule has 3 atom stereocenters. The van der Waals surface area contributed by atoms with Gasteiger partial charge < -0.3 is 19.9 Å². The van der Waals surface area contributed by atoms with Gasteiger partial charge in [-0.15, -0.1) is 0 Å². The fraction of sp³-hybridized carbons (Fsp3) is 0.632. The number of ether oxygens (including phenoxy) is 2. The molecule has 0 bridgehead atoms. The zero-order chi connectivity index (χ0) is 17.0. The van der Waals surface area contributed by atoms with Gasteiger partial charge in [0.2, 0.25) is 5.91 Å². The summed E-state index contributed by atoms with van der Waals surface area (Å²) in [5, 5.41) is 13.3. The van der Waals surface area contributed by atoms with Crippen LogP contribution in [-0.2, 0) is 20.7 Å². The molecule has 1 spiro atoms. The smallest absolute Gasteiger partial charge is 0.249 e. The van der Waals surface area contributed by atoms with Gasteiger partial charge in [0.1, 0.15) is 6.10 Å². The number of carbonyl (C=O) groups excluding carboxylic acids is 1. The summed E-state index contributed by atoms with van der Waals surface area (Å²) in [5.74, 6) is -0.287. The number of carbonyl (C=O) groups is 1. The molecule has 0 unspecified atom stereocenters. The summed E-state index contributed by atoms with van der Waals surface area (Å²) in [4.78, 5) is 12.4. The van der Waals surface area contributed by atoms with Gasteiger partial charge in [-0.2, -0.15) is 0 Å². The van der Waals surface area contributed by atoms with Crippen LogP contribution in [0, 0.1) is 5.41 Å². The highest BCUT2D eigenvalue weighted by molar-refractivity contribution is 5.81. The van der Waals surface area contributed by atoms with Gasteiger partial charge in [0.15, 0.2) is 0 Å². The first kappa shape index (κ1) is 17.4. The van der Waals surface area contributed by atoms with Crippen molar-refractivity contribution in [3.63, 3.8) is 0 Å². The molecule has 1 aliphatic carbocycles. The van der Waals surface area contributed by atoms with Gasteiger partial charge >= 0.3 is 0 Å². The second kappa shape index (κ2) is 7.64. The number of amides is 1. The van der Waals surface area contributed by atoms with E-state index < -0.39 is 6.10 Å². The summed E-state index contributed by atoms with van der Waals surface area (Å²) < 4.78 is 11.4. The molecule has 5 heteroatoms. The number of aliphatic hydroxyl groups excluding tert-OH is 1. The number of hydrogen-bond donors (Lipinski definition) is 2. The quantitative estimate of drug-likeness (QED) is 0.831. The molecule has 2 N–H and O–H groups in total. The predicted molar refractivity (Wildman–Crippen MR) is 90.6 cm³/mol. The molecule has 1 amide bonds.